The molecule has 0 bridgehead atoms. The van der Waals surface area contributed by atoms with Gasteiger partial charge in [0.25, 0.3) is 0 Å². The summed E-state index contributed by atoms with van der Waals surface area (Å²) in [5, 5.41) is 13.4. The van der Waals surface area contributed by atoms with E-state index in [-0.39, 0.29) is 12.5 Å². The van der Waals surface area contributed by atoms with Gasteiger partial charge in [0.2, 0.25) is 5.91 Å². The van der Waals surface area contributed by atoms with Gasteiger partial charge in [-0.05, 0) is 66.7 Å². The Hall–Kier alpha value is -2.96. The van der Waals surface area contributed by atoms with E-state index in [9.17, 15) is 9.90 Å². The van der Waals surface area contributed by atoms with Crippen molar-refractivity contribution in [3.63, 3.8) is 0 Å². The molecule has 0 aliphatic rings. The highest BCUT2D eigenvalue weighted by Gasteiger charge is 2.11. The van der Waals surface area contributed by atoms with Gasteiger partial charge in [-0.3, -0.25) is 4.79 Å². The standard InChI is InChI=1S/C24H16Cl3NO4/c25-15-9-14(10-16(26)11-15)22-6-2-18(31-22)4-8-24(30)28-17-1-5-21(27)20(12-17)23-7-3-19(13-29)32-23/h1-12,29H,13H2,(H,28,30)/b8-4+. The number of hydrogen-bond donors (Lipinski definition) is 2. The summed E-state index contributed by atoms with van der Waals surface area (Å²) in [6, 6.07) is 17.0. The van der Waals surface area contributed by atoms with Gasteiger partial charge in [-0.25, -0.2) is 0 Å². The number of anilines is 1. The van der Waals surface area contributed by atoms with Crippen LogP contribution in [0.4, 0.5) is 5.69 Å². The summed E-state index contributed by atoms with van der Waals surface area (Å²) in [4.78, 5) is 12.4. The van der Waals surface area contributed by atoms with E-state index < -0.39 is 0 Å². The summed E-state index contributed by atoms with van der Waals surface area (Å²) in [6.45, 7) is -0.211. The van der Waals surface area contributed by atoms with Crippen LogP contribution in [0.3, 0.4) is 0 Å². The van der Waals surface area contributed by atoms with Crippen molar-refractivity contribution < 1.29 is 18.7 Å². The first-order valence-electron chi connectivity index (χ1n) is 9.46. The molecule has 2 N–H and O–H groups in total. The Labute approximate surface area is 198 Å². The van der Waals surface area contributed by atoms with Gasteiger partial charge in [0.1, 0.15) is 29.6 Å². The molecule has 0 atom stereocenters. The lowest BCUT2D eigenvalue weighted by Gasteiger charge is -2.06. The molecule has 0 saturated carbocycles. The molecule has 4 rings (SSSR count). The monoisotopic (exact) mass is 487 g/mol. The number of hydrogen-bond acceptors (Lipinski definition) is 4. The zero-order chi connectivity index (χ0) is 22.7. The van der Waals surface area contributed by atoms with Crippen molar-refractivity contribution in [2.45, 2.75) is 6.61 Å². The summed E-state index contributed by atoms with van der Waals surface area (Å²) in [7, 11) is 0. The Morgan fingerprint density at radius 1 is 0.906 bits per heavy atom. The molecule has 0 aliphatic heterocycles. The van der Waals surface area contributed by atoms with Crippen LogP contribution in [0, 0.1) is 0 Å². The summed E-state index contributed by atoms with van der Waals surface area (Å²) < 4.78 is 11.3. The molecule has 8 heteroatoms. The number of carbonyl (C=O) groups excluding carboxylic acids is 1. The molecule has 0 aliphatic carbocycles. The van der Waals surface area contributed by atoms with Gasteiger partial charge in [0.05, 0.1) is 5.02 Å². The number of furan rings is 2. The molecule has 0 saturated heterocycles. The average molecular weight is 489 g/mol. The summed E-state index contributed by atoms with van der Waals surface area (Å²) in [5.41, 5.74) is 1.88. The molecule has 32 heavy (non-hydrogen) atoms. The van der Waals surface area contributed by atoms with Crippen LogP contribution < -0.4 is 5.32 Å². The van der Waals surface area contributed by atoms with Gasteiger partial charge in [-0.1, -0.05) is 34.8 Å². The Balaban J connectivity index is 1.46. The molecule has 2 heterocycles. The molecule has 0 radical (unpaired) electrons. The lowest BCUT2D eigenvalue weighted by molar-refractivity contribution is -0.111. The average Bonchev–Trinajstić information content (AvgIpc) is 3.43. The Morgan fingerprint density at radius 2 is 1.66 bits per heavy atom. The van der Waals surface area contributed by atoms with E-state index in [1.54, 1.807) is 66.7 Å². The van der Waals surface area contributed by atoms with Gasteiger partial charge in [0, 0.05) is 32.9 Å². The maximum atomic E-state index is 12.4. The fourth-order valence-corrected chi connectivity index (χ4v) is 3.77. The first-order chi connectivity index (χ1) is 15.4. The predicted molar refractivity (Wildman–Crippen MR) is 127 cm³/mol. The van der Waals surface area contributed by atoms with Crippen molar-refractivity contribution in [1.82, 2.24) is 0 Å². The molecule has 162 valence electrons. The number of amides is 1. The van der Waals surface area contributed by atoms with Crippen molar-refractivity contribution in [3.05, 3.63) is 93.3 Å². The minimum absolute atomic E-state index is 0.211. The highest BCUT2D eigenvalue weighted by Crippen LogP contribution is 2.32. The molecule has 5 nitrogen and oxygen atoms in total. The summed E-state index contributed by atoms with van der Waals surface area (Å²) in [5.74, 6) is 1.64. The Bertz CT molecular complexity index is 1290. The third-order valence-corrected chi connectivity index (χ3v) is 5.26. The van der Waals surface area contributed by atoms with E-state index in [4.69, 9.17) is 43.6 Å². The van der Waals surface area contributed by atoms with E-state index in [0.29, 0.717) is 49.4 Å². The molecular formula is C24H16Cl3NO4. The zero-order valence-corrected chi connectivity index (χ0v) is 18.7. The molecule has 1 amide bonds. The molecule has 0 fully saturated rings. The van der Waals surface area contributed by atoms with Crippen LogP contribution in [-0.4, -0.2) is 11.0 Å². The highest BCUT2D eigenvalue weighted by molar-refractivity contribution is 6.35. The molecular weight excluding hydrogens is 473 g/mol. The van der Waals surface area contributed by atoms with Crippen molar-refractivity contribution >= 4 is 52.5 Å². The first-order valence-corrected chi connectivity index (χ1v) is 10.6. The number of carbonyl (C=O) groups is 1. The van der Waals surface area contributed by atoms with E-state index in [1.807, 2.05) is 0 Å². The fourth-order valence-electron chi connectivity index (χ4n) is 3.03. The largest absolute Gasteiger partial charge is 0.459 e. The van der Waals surface area contributed by atoms with E-state index >= 15 is 0 Å². The highest BCUT2D eigenvalue weighted by atomic mass is 35.5. The lowest BCUT2D eigenvalue weighted by atomic mass is 10.1. The van der Waals surface area contributed by atoms with Crippen LogP contribution in [0.25, 0.3) is 28.7 Å². The van der Waals surface area contributed by atoms with Gasteiger partial charge < -0.3 is 19.3 Å². The summed E-state index contributed by atoms with van der Waals surface area (Å²) in [6.07, 6.45) is 2.92. The Morgan fingerprint density at radius 3 is 2.38 bits per heavy atom. The fraction of sp³-hybridized carbons (Fsp3) is 0.0417. The van der Waals surface area contributed by atoms with E-state index in [2.05, 4.69) is 5.32 Å². The van der Waals surface area contributed by atoms with Gasteiger partial charge in [0.15, 0.2) is 0 Å². The number of nitrogens with one attached hydrogen (secondary N) is 1. The third-order valence-electron chi connectivity index (χ3n) is 4.49. The van der Waals surface area contributed by atoms with Gasteiger partial charge >= 0.3 is 0 Å². The van der Waals surface area contributed by atoms with Crippen LogP contribution in [0.2, 0.25) is 15.1 Å². The number of aliphatic hydroxyl groups excluding tert-OH is 1. The molecule has 0 spiro atoms. The van der Waals surface area contributed by atoms with Crippen molar-refractivity contribution in [3.8, 4) is 22.6 Å². The van der Waals surface area contributed by atoms with Crippen LogP contribution in [0.1, 0.15) is 11.5 Å². The van der Waals surface area contributed by atoms with Crippen LogP contribution in [0.15, 0.2) is 75.6 Å². The molecule has 4 aromatic rings. The minimum Gasteiger partial charge on any atom is -0.459 e. The first kappa shape index (κ1) is 22.2. The third kappa shape index (κ3) is 5.26. The van der Waals surface area contributed by atoms with Crippen molar-refractivity contribution in [1.29, 1.82) is 0 Å². The van der Waals surface area contributed by atoms with Crippen LogP contribution in [0.5, 0.6) is 0 Å². The Kier molecular flexibility index (Phi) is 6.72. The summed E-state index contributed by atoms with van der Waals surface area (Å²) >= 11 is 18.3. The van der Waals surface area contributed by atoms with Crippen molar-refractivity contribution in [2.75, 3.05) is 5.32 Å². The van der Waals surface area contributed by atoms with Crippen LogP contribution in [-0.2, 0) is 11.4 Å². The number of halogens is 3. The second-order valence-corrected chi connectivity index (χ2v) is 8.08. The van der Waals surface area contributed by atoms with Crippen molar-refractivity contribution in [2.24, 2.45) is 0 Å². The van der Waals surface area contributed by atoms with Gasteiger partial charge in [-0.2, -0.15) is 0 Å². The molecule has 2 aromatic carbocycles. The van der Waals surface area contributed by atoms with E-state index in [0.717, 1.165) is 5.56 Å². The molecule has 2 aromatic heterocycles. The molecule has 0 unspecified atom stereocenters. The SMILES string of the molecule is O=C(/C=C/c1ccc(-c2cc(Cl)cc(Cl)c2)o1)Nc1ccc(Cl)c(-c2ccc(CO)o2)c1. The lowest BCUT2D eigenvalue weighted by Crippen LogP contribution is -2.07. The number of rotatable bonds is 6. The normalized spacial score (nSPS) is 11.2. The zero-order valence-electron chi connectivity index (χ0n) is 16.4. The van der Waals surface area contributed by atoms with Crippen LogP contribution >= 0.6 is 34.8 Å². The number of aliphatic hydroxyl groups is 1. The van der Waals surface area contributed by atoms with E-state index in [1.165, 1.54) is 6.08 Å². The topological polar surface area (TPSA) is 75.6 Å². The smallest absolute Gasteiger partial charge is 0.248 e. The minimum atomic E-state index is -0.350. The quantitative estimate of drug-likeness (QED) is 0.279. The number of benzene rings is 2. The second-order valence-electron chi connectivity index (χ2n) is 6.80. The second kappa shape index (κ2) is 9.67. The maximum absolute atomic E-state index is 12.4. The maximum Gasteiger partial charge on any atom is 0.248 e. The predicted octanol–water partition coefficient (Wildman–Crippen LogP) is 7.31. The van der Waals surface area contributed by atoms with Gasteiger partial charge in [-0.15, -0.1) is 0 Å².